The van der Waals surface area contributed by atoms with Crippen molar-refractivity contribution in [3.05, 3.63) is 59.9 Å². The number of halogens is 1. The van der Waals surface area contributed by atoms with Crippen molar-refractivity contribution in [2.45, 2.75) is 6.92 Å². The first-order chi connectivity index (χ1) is 10.1. The molecule has 0 saturated carbocycles. The van der Waals surface area contributed by atoms with E-state index in [1.54, 1.807) is 55.7 Å². The van der Waals surface area contributed by atoms with Crippen LogP contribution in [0.5, 0.6) is 0 Å². The van der Waals surface area contributed by atoms with Gasteiger partial charge in [-0.2, -0.15) is 0 Å². The van der Waals surface area contributed by atoms with Gasteiger partial charge in [-0.15, -0.1) is 0 Å². The summed E-state index contributed by atoms with van der Waals surface area (Å²) in [5.74, 6) is -0.564. The summed E-state index contributed by atoms with van der Waals surface area (Å²) in [5, 5.41) is 2.78. The summed E-state index contributed by atoms with van der Waals surface area (Å²) in [6.45, 7) is 2.09. The molecule has 0 aliphatic rings. The molecule has 5 nitrogen and oxygen atoms in total. The van der Waals surface area contributed by atoms with Gasteiger partial charge in [0.15, 0.2) is 12.4 Å². The second-order valence-corrected chi connectivity index (χ2v) is 4.50. The van der Waals surface area contributed by atoms with Crippen LogP contribution in [0.4, 0.5) is 5.69 Å². The minimum absolute atomic E-state index is 0. The van der Waals surface area contributed by atoms with Crippen molar-refractivity contribution in [1.29, 1.82) is 0 Å². The number of hydrogen-bond donors (Lipinski definition) is 1. The Labute approximate surface area is 146 Å². The third kappa shape index (κ3) is 4.80. The molecule has 1 N–H and O–H groups in total. The largest absolute Gasteiger partial charge is 1.00 e. The number of pyridine rings is 1. The Morgan fingerprint density at radius 3 is 2.18 bits per heavy atom. The van der Waals surface area contributed by atoms with Crippen molar-refractivity contribution >= 4 is 17.6 Å². The number of ether oxygens (including phenoxy) is 1. The second-order valence-electron chi connectivity index (χ2n) is 4.50. The highest BCUT2D eigenvalue weighted by atomic mass is 127. The van der Waals surface area contributed by atoms with Gasteiger partial charge in [0.1, 0.15) is 7.05 Å². The minimum atomic E-state index is -0.370. The van der Waals surface area contributed by atoms with Gasteiger partial charge >= 0.3 is 5.97 Å². The lowest BCUT2D eigenvalue weighted by Gasteiger charge is -2.06. The maximum absolute atomic E-state index is 12.0. The van der Waals surface area contributed by atoms with Gasteiger partial charge in [-0.05, 0) is 31.2 Å². The van der Waals surface area contributed by atoms with E-state index >= 15 is 0 Å². The molecule has 1 heterocycles. The number of nitrogens with one attached hydrogen (secondary N) is 1. The van der Waals surface area contributed by atoms with Gasteiger partial charge in [-0.25, -0.2) is 9.36 Å². The summed E-state index contributed by atoms with van der Waals surface area (Å²) in [6.07, 6.45) is 3.61. The van der Waals surface area contributed by atoms with Gasteiger partial charge in [0.05, 0.1) is 17.7 Å². The molecule has 0 unspecified atom stereocenters. The number of hydrogen-bond acceptors (Lipinski definition) is 3. The lowest BCUT2D eigenvalue weighted by atomic mass is 10.2. The Bertz CT molecular complexity index is 639. The molecular weight excluding hydrogens is 395 g/mol. The Morgan fingerprint density at radius 1 is 1.05 bits per heavy atom. The molecular formula is C16H17IN2O3. The molecule has 22 heavy (non-hydrogen) atoms. The maximum atomic E-state index is 12.0. The summed E-state index contributed by atoms with van der Waals surface area (Å²) >= 11 is 0. The Hall–Kier alpha value is -1.96. The monoisotopic (exact) mass is 412 g/mol. The predicted molar refractivity (Wildman–Crippen MR) is 78.0 cm³/mol. The highest BCUT2D eigenvalue weighted by Crippen LogP contribution is 2.12. The third-order valence-corrected chi connectivity index (χ3v) is 2.89. The summed E-state index contributed by atoms with van der Waals surface area (Å²) in [7, 11) is 1.88. The van der Waals surface area contributed by atoms with Gasteiger partial charge in [-0.3, -0.25) is 4.79 Å². The van der Waals surface area contributed by atoms with E-state index < -0.39 is 0 Å². The van der Waals surface area contributed by atoms with Gasteiger partial charge in [0.2, 0.25) is 0 Å². The summed E-state index contributed by atoms with van der Waals surface area (Å²) in [5.41, 5.74) is 1.66. The second kappa shape index (κ2) is 8.47. The molecule has 0 spiro atoms. The number of nitrogens with zero attached hydrogens (tertiary/aromatic N) is 1. The van der Waals surface area contributed by atoms with Crippen molar-refractivity contribution in [1.82, 2.24) is 0 Å². The molecule has 0 atom stereocenters. The zero-order chi connectivity index (χ0) is 15.2. The minimum Gasteiger partial charge on any atom is -1.00 e. The number of rotatable bonds is 4. The Balaban J connectivity index is 0.00000242. The van der Waals surface area contributed by atoms with Crippen LogP contribution in [0, 0.1) is 0 Å². The topological polar surface area (TPSA) is 59.3 Å². The quantitative estimate of drug-likeness (QED) is 0.396. The first-order valence-corrected chi connectivity index (χ1v) is 6.64. The number of carbonyl (C=O) groups is 2. The molecule has 0 aliphatic heterocycles. The molecule has 1 amide bonds. The van der Waals surface area contributed by atoms with E-state index in [0.29, 0.717) is 23.4 Å². The number of aryl methyl sites for hydroxylation is 1. The molecule has 0 radical (unpaired) electrons. The smallest absolute Gasteiger partial charge is 0.338 e. The SMILES string of the molecule is CCOC(=O)c1ccc(NC(=O)c2cc[n+](C)cc2)cc1.[I-]. The van der Waals surface area contributed by atoms with Gasteiger partial charge in [-0.1, -0.05) is 0 Å². The summed E-state index contributed by atoms with van der Waals surface area (Å²) in [4.78, 5) is 23.6. The van der Waals surface area contributed by atoms with E-state index in [9.17, 15) is 9.59 Å². The molecule has 1 aromatic carbocycles. The van der Waals surface area contributed by atoms with Gasteiger partial charge < -0.3 is 34.0 Å². The van der Waals surface area contributed by atoms with Crippen LogP contribution in [-0.4, -0.2) is 18.5 Å². The normalized spacial score (nSPS) is 9.55. The van der Waals surface area contributed by atoms with Crippen LogP contribution in [0.3, 0.4) is 0 Å². The Kier molecular flexibility index (Phi) is 6.97. The summed E-state index contributed by atoms with van der Waals surface area (Å²) < 4.78 is 6.75. The predicted octanol–water partition coefficient (Wildman–Crippen LogP) is -1.06. The van der Waals surface area contributed by atoms with Crippen molar-refractivity contribution in [2.24, 2.45) is 7.05 Å². The van der Waals surface area contributed by atoms with Crippen LogP contribution in [0.1, 0.15) is 27.6 Å². The number of esters is 1. The van der Waals surface area contributed by atoms with Crippen molar-refractivity contribution in [3.8, 4) is 0 Å². The van der Waals surface area contributed by atoms with Crippen LogP contribution in [-0.2, 0) is 11.8 Å². The molecule has 6 heteroatoms. The highest BCUT2D eigenvalue weighted by Gasteiger charge is 2.09. The van der Waals surface area contributed by atoms with E-state index in [4.69, 9.17) is 4.74 Å². The number of amides is 1. The van der Waals surface area contributed by atoms with Crippen LogP contribution >= 0.6 is 0 Å². The number of anilines is 1. The number of aromatic nitrogens is 1. The molecule has 0 bridgehead atoms. The van der Waals surface area contributed by atoms with Crippen LogP contribution in [0.2, 0.25) is 0 Å². The number of carbonyl (C=O) groups excluding carboxylic acids is 2. The highest BCUT2D eigenvalue weighted by molar-refractivity contribution is 6.04. The van der Waals surface area contributed by atoms with Crippen molar-refractivity contribution < 1.29 is 42.9 Å². The zero-order valence-corrected chi connectivity index (χ0v) is 14.5. The molecule has 116 valence electrons. The average Bonchev–Trinajstić information content (AvgIpc) is 2.49. The fourth-order valence-corrected chi connectivity index (χ4v) is 1.76. The fourth-order valence-electron chi connectivity index (χ4n) is 1.76. The molecule has 0 aliphatic carbocycles. The Morgan fingerprint density at radius 2 is 1.64 bits per heavy atom. The van der Waals surface area contributed by atoms with Crippen LogP contribution in [0.15, 0.2) is 48.8 Å². The maximum Gasteiger partial charge on any atom is 0.338 e. The first-order valence-electron chi connectivity index (χ1n) is 6.64. The fraction of sp³-hybridized carbons (Fsp3) is 0.188. The van der Waals surface area contributed by atoms with Gasteiger partial charge in [0, 0.05) is 17.8 Å². The van der Waals surface area contributed by atoms with E-state index in [0.717, 1.165) is 0 Å². The molecule has 2 rings (SSSR count). The van der Waals surface area contributed by atoms with Crippen molar-refractivity contribution in [2.75, 3.05) is 11.9 Å². The van der Waals surface area contributed by atoms with E-state index in [-0.39, 0.29) is 35.9 Å². The average molecular weight is 412 g/mol. The molecule has 0 saturated heterocycles. The van der Waals surface area contributed by atoms with Gasteiger partial charge in [0.25, 0.3) is 5.91 Å². The van der Waals surface area contributed by atoms with E-state index in [1.165, 1.54) is 0 Å². The summed E-state index contributed by atoms with van der Waals surface area (Å²) in [6, 6.07) is 10.1. The van der Waals surface area contributed by atoms with Crippen molar-refractivity contribution in [3.63, 3.8) is 0 Å². The lowest BCUT2D eigenvalue weighted by molar-refractivity contribution is -0.671. The molecule has 1 aromatic heterocycles. The van der Waals surface area contributed by atoms with E-state index in [1.807, 2.05) is 11.6 Å². The third-order valence-electron chi connectivity index (χ3n) is 2.89. The van der Waals surface area contributed by atoms with Crippen LogP contribution < -0.4 is 33.9 Å². The van der Waals surface area contributed by atoms with E-state index in [2.05, 4.69) is 5.32 Å². The zero-order valence-electron chi connectivity index (χ0n) is 12.4. The lowest BCUT2D eigenvalue weighted by Crippen LogP contribution is -3.00. The first kappa shape index (κ1) is 18.1. The molecule has 2 aromatic rings. The molecule has 0 fully saturated rings. The van der Waals surface area contributed by atoms with Crippen LogP contribution in [0.25, 0.3) is 0 Å². The standard InChI is InChI=1S/C16H16N2O3.HI/c1-3-21-16(20)13-4-6-14(7-5-13)17-15(19)12-8-10-18(2)11-9-12;/h4-11H,3H2,1-2H3;1H. The number of benzene rings is 1.